The molecule has 0 bridgehead atoms. The van der Waals surface area contributed by atoms with Gasteiger partial charge in [-0.15, -0.1) is 24.0 Å². The Morgan fingerprint density at radius 3 is 2.54 bits per heavy atom. The van der Waals surface area contributed by atoms with Crippen LogP contribution in [0, 0.1) is 0 Å². The van der Waals surface area contributed by atoms with Crippen molar-refractivity contribution in [2.75, 3.05) is 40.0 Å². The molecule has 148 valence electrons. The molecule has 1 aliphatic rings. The fourth-order valence-corrected chi connectivity index (χ4v) is 4.74. The quantitative estimate of drug-likeness (QED) is 0.373. The highest BCUT2D eigenvalue weighted by atomic mass is 127. The summed E-state index contributed by atoms with van der Waals surface area (Å²) < 4.78 is 25.4. The molecule has 2 rings (SSSR count). The first-order valence-corrected chi connectivity index (χ1v) is 11.0. The standard InChI is InChI=1S/C17H28N4O2S2.HI/c1-5-15-13-21(10-11-24-15)17(18-2)19-12-14-6-8-16(9-7-14)25(22,23)20(3)4;/h6-9,15H,5,10-13H2,1-4H3,(H,18,19);1H. The Bertz CT molecular complexity index is 693. The summed E-state index contributed by atoms with van der Waals surface area (Å²) in [6.07, 6.45) is 1.17. The number of halogens is 1. The molecule has 0 saturated carbocycles. The van der Waals surface area contributed by atoms with E-state index in [1.807, 2.05) is 23.9 Å². The molecule has 0 amide bonds. The normalized spacial score (nSPS) is 18.6. The zero-order chi connectivity index (χ0) is 18.4. The smallest absolute Gasteiger partial charge is 0.242 e. The van der Waals surface area contributed by atoms with Crippen LogP contribution >= 0.6 is 35.7 Å². The van der Waals surface area contributed by atoms with E-state index in [1.165, 1.54) is 24.8 Å². The van der Waals surface area contributed by atoms with Gasteiger partial charge in [-0.3, -0.25) is 4.99 Å². The summed E-state index contributed by atoms with van der Waals surface area (Å²) in [6, 6.07) is 6.99. The highest BCUT2D eigenvalue weighted by molar-refractivity contribution is 14.0. The molecule has 1 fully saturated rings. The summed E-state index contributed by atoms with van der Waals surface area (Å²) in [4.78, 5) is 7.01. The molecule has 0 aliphatic carbocycles. The summed E-state index contributed by atoms with van der Waals surface area (Å²) in [5.74, 6) is 2.03. The first-order valence-electron chi connectivity index (χ1n) is 8.47. The maximum Gasteiger partial charge on any atom is 0.242 e. The van der Waals surface area contributed by atoms with Crippen LogP contribution in [0.2, 0.25) is 0 Å². The maximum atomic E-state index is 12.1. The van der Waals surface area contributed by atoms with Gasteiger partial charge in [-0.25, -0.2) is 12.7 Å². The minimum Gasteiger partial charge on any atom is -0.352 e. The number of rotatable bonds is 5. The summed E-state index contributed by atoms with van der Waals surface area (Å²) in [5, 5.41) is 4.04. The summed E-state index contributed by atoms with van der Waals surface area (Å²) in [5.41, 5.74) is 1.03. The molecule has 1 aromatic rings. The highest BCUT2D eigenvalue weighted by Crippen LogP contribution is 2.21. The molecular weight excluding hydrogens is 483 g/mol. The van der Waals surface area contributed by atoms with Gasteiger partial charge in [0, 0.05) is 51.8 Å². The topological polar surface area (TPSA) is 65.0 Å². The number of benzene rings is 1. The lowest BCUT2D eigenvalue weighted by Crippen LogP contribution is -2.47. The van der Waals surface area contributed by atoms with Crippen molar-refractivity contribution in [3.05, 3.63) is 29.8 Å². The van der Waals surface area contributed by atoms with Gasteiger partial charge in [0.2, 0.25) is 10.0 Å². The lowest BCUT2D eigenvalue weighted by atomic mass is 10.2. The van der Waals surface area contributed by atoms with Crippen molar-refractivity contribution in [2.24, 2.45) is 4.99 Å². The largest absolute Gasteiger partial charge is 0.352 e. The Morgan fingerprint density at radius 2 is 2.00 bits per heavy atom. The molecule has 1 aromatic carbocycles. The average molecular weight is 512 g/mol. The number of guanidine groups is 1. The maximum absolute atomic E-state index is 12.1. The predicted molar refractivity (Wildman–Crippen MR) is 121 cm³/mol. The van der Waals surface area contributed by atoms with E-state index in [0.717, 1.165) is 30.4 Å². The van der Waals surface area contributed by atoms with E-state index >= 15 is 0 Å². The first-order chi connectivity index (χ1) is 11.9. The minimum absolute atomic E-state index is 0. The molecule has 1 N–H and O–H groups in total. The van der Waals surface area contributed by atoms with Crippen molar-refractivity contribution in [3.8, 4) is 0 Å². The highest BCUT2D eigenvalue weighted by Gasteiger charge is 2.21. The van der Waals surface area contributed by atoms with Gasteiger partial charge in [-0.1, -0.05) is 19.1 Å². The third-order valence-electron chi connectivity index (χ3n) is 4.26. The van der Waals surface area contributed by atoms with Crippen LogP contribution in [0.4, 0.5) is 0 Å². The zero-order valence-electron chi connectivity index (χ0n) is 15.8. The van der Waals surface area contributed by atoms with E-state index in [9.17, 15) is 8.42 Å². The van der Waals surface area contributed by atoms with E-state index in [4.69, 9.17) is 0 Å². The Labute approximate surface area is 178 Å². The Morgan fingerprint density at radius 1 is 1.35 bits per heavy atom. The number of nitrogens with one attached hydrogen (secondary N) is 1. The SMILES string of the molecule is CCC1CN(C(=NC)NCc2ccc(S(=O)(=O)N(C)C)cc2)CCS1.I. The molecule has 1 aliphatic heterocycles. The van der Waals surface area contributed by atoms with Crippen LogP contribution in [0.25, 0.3) is 0 Å². The second-order valence-corrected chi connectivity index (χ2v) is 9.74. The van der Waals surface area contributed by atoms with Crippen molar-refractivity contribution in [2.45, 2.75) is 30.0 Å². The molecule has 1 unspecified atom stereocenters. The Hall–Kier alpha value is -0.520. The minimum atomic E-state index is -3.38. The third-order valence-corrected chi connectivity index (χ3v) is 7.46. The molecular formula is C17H29IN4O2S2. The van der Waals surface area contributed by atoms with Gasteiger partial charge in [0.1, 0.15) is 0 Å². The monoisotopic (exact) mass is 512 g/mol. The average Bonchev–Trinajstić information content (AvgIpc) is 2.62. The van der Waals surface area contributed by atoms with Crippen molar-refractivity contribution in [1.29, 1.82) is 0 Å². The van der Waals surface area contributed by atoms with E-state index in [2.05, 4.69) is 22.1 Å². The lowest BCUT2D eigenvalue weighted by Gasteiger charge is -2.34. The second-order valence-electron chi connectivity index (χ2n) is 6.18. The number of nitrogens with zero attached hydrogens (tertiary/aromatic N) is 3. The van der Waals surface area contributed by atoms with Gasteiger partial charge in [0.05, 0.1) is 4.90 Å². The Balaban J connectivity index is 0.00000338. The van der Waals surface area contributed by atoms with E-state index < -0.39 is 10.0 Å². The van der Waals surface area contributed by atoms with Crippen molar-refractivity contribution in [1.82, 2.24) is 14.5 Å². The fraction of sp³-hybridized carbons (Fsp3) is 0.588. The van der Waals surface area contributed by atoms with Crippen molar-refractivity contribution in [3.63, 3.8) is 0 Å². The van der Waals surface area contributed by atoms with Crippen LogP contribution in [0.5, 0.6) is 0 Å². The van der Waals surface area contributed by atoms with E-state index in [-0.39, 0.29) is 24.0 Å². The van der Waals surface area contributed by atoms with Crippen LogP contribution in [0.1, 0.15) is 18.9 Å². The van der Waals surface area contributed by atoms with Crippen LogP contribution in [0.15, 0.2) is 34.2 Å². The molecule has 6 nitrogen and oxygen atoms in total. The number of thioether (sulfide) groups is 1. The van der Waals surface area contributed by atoms with Gasteiger partial charge in [0.15, 0.2) is 5.96 Å². The molecule has 1 atom stereocenters. The number of hydrogen-bond acceptors (Lipinski definition) is 4. The van der Waals surface area contributed by atoms with Gasteiger partial charge >= 0.3 is 0 Å². The summed E-state index contributed by atoms with van der Waals surface area (Å²) in [7, 11) is 1.50. The zero-order valence-corrected chi connectivity index (χ0v) is 19.8. The van der Waals surface area contributed by atoms with E-state index in [1.54, 1.807) is 19.2 Å². The number of hydrogen-bond donors (Lipinski definition) is 1. The van der Waals surface area contributed by atoms with Gasteiger partial charge in [-0.2, -0.15) is 11.8 Å². The van der Waals surface area contributed by atoms with Gasteiger partial charge < -0.3 is 10.2 Å². The second kappa shape index (κ2) is 10.7. The van der Waals surface area contributed by atoms with Crippen molar-refractivity contribution < 1.29 is 8.42 Å². The molecule has 26 heavy (non-hydrogen) atoms. The van der Waals surface area contributed by atoms with Crippen molar-refractivity contribution >= 4 is 51.7 Å². The molecule has 0 aromatic heterocycles. The molecule has 0 radical (unpaired) electrons. The number of aliphatic imine (C=N–C) groups is 1. The predicted octanol–water partition coefficient (Wildman–Crippen LogP) is 2.46. The Kier molecular flexibility index (Phi) is 9.70. The third kappa shape index (κ3) is 6.00. The fourth-order valence-electron chi connectivity index (χ4n) is 2.66. The first kappa shape index (κ1) is 23.5. The van der Waals surface area contributed by atoms with E-state index in [0.29, 0.717) is 16.7 Å². The summed E-state index contributed by atoms with van der Waals surface area (Å²) in [6.45, 7) is 4.86. The van der Waals surface area contributed by atoms with Gasteiger partial charge in [-0.05, 0) is 24.1 Å². The molecule has 0 spiro atoms. The molecule has 9 heteroatoms. The van der Waals surface area contributed by atoms with Crippen LogP contribution in [0.3, 0.4) is 0 Å². The van der Waals surface area contributed by atoms with Gasteiger partial charge in [0.25, 0.3) is 0 Å². The lowest BCUT2D eigenvalue weighted by molar-refractivity contribution is 0.408. The number of sulfonamides is 1. The summed E-state index contributed by atoms with van der Waals surface area (Å²) >= 11 is 2.03. The van der Waals surface area contributed by atoms with Crippen LogP contribution in [-0.4, -0.2) is 68.8 Å². The molecule has 1 heterocycles. The van der Waals surface area contributed by atoms with Crippen LogP contribution < -0.4 is 5.32 Å². The van der Waals surface area contributed by atoms with Crippen LogP contribution in [-0.2, 0) is 16.6 Å². The molecule has 1 saturated heterocycles.